The highest BCUT2D eigenvalue weighted by molar-refractivity contribution is 8.26. The molecule has 0 spiro atoms. The number of aromatic nitrogens is 5. The van der Waals surface area contributed by atoms with Gasteiger partial charge in [-0.15, -0.1) is 11.3 Å². The van der Waals surface area contributed by atoms with Gasteiger partial charge < -0.3 is 9.13 Å². The van der Waals surface area contributed by atoms with Crippen LogP contribution in [0.25, 0.3) is 12.4 Å². The van der Waals surface area contributed by atoms with Crippen molar-refractivity contribution in [3.63, 3.8) is 0 Å². The molecule has 0 N–H and O–H groups in total. The van der Waals surface area contributed by atoms with Crippen molar-refractivity contribution >= 4 is 57.5 Å². The van der Waals surface area contributed by atoms with Gasteiger partial charge in [-0.05, 0) is 6.92 Å². The molecule has 0 aliphatic heterocycles. The van der Waals surface area contributed by atoms with Crippen LogP contribution in [0.5, 0.6) is 0 Å². The predicted molar refractivity (Wildman–Crippen MR) is 97.3 cm³/mol. The first-order valence-electron chi connectivity index (χ1n) is 6.46. The second-order valence-corrected chi connectivity index (χ2v) is 9.76. The summed E-state index contributed by atoms with van der Waals surface area (Å²) in [5.74, 6) is 0. The van der Waals surface area contributed by atoms with Crippen LogP contribution < -0.4 is 15.9 Å². The fraction of sp³-hybridized carbons (Fsp3) is 0.0714. The fourth-order valence-corrected chi connectivity index (χ4v) is 7.48. The van der Waals surface area contributed by atoms with Gasteiger partial charge in [-0.2, -0.15) is 0 Å². The van der Waals surface area contributed by atoms with Crippen molar-refractivity contribution in [1.82, 2.24) is 24.1 Å². The third-order valence-corrected chi connectivity index (χ3v) is 9.33. The van der Waals surface area contributed by atoms with E-state index >= 15 is 0 Å². The summed E-state index contributed by atoms with van der Waals surface area (Å²) in [5, 5.41) is 2.00. The zero-order valence-electron chi connectivity index (χ0n) is 12.0. The topological polar surface area (TPSA) is 48.5 Å². The number of thiazole rings is 1. The van der Waals surface area contributed by atoms with Crippen molar-refractivity contribution in [3.8, 4) is 0 Å². The zero-order chi connectivity index (χ0) is 15.7. The average molecular weight is 347 g/mol. The molecular weight excluding hydrogens is 333 g/mol. The molecule has 3 heterocycles. The third-order valence-electron chi connectivity index (χ3n) is 3.13. The van der Waals surface area contributed by atoms with E-state index < -0.39 is 6.04 Å². The van der Waals surface area contributed by atoms with Crippen molar-refractivity contribution in [3.05, 3.63) is 49.0 Å². The molecule has 0 aliphatic carbocycles. The standard InChI is InChI=1S/C14H14N5PS2/c1-4-18-8-6-15-12(18)20(21,14-17-11(3)10-22-14)13-16-7-9-19(13)5-2/h4-10H,1-2H2,3H3. The van der Waals surface area contributed by atoms with Gasteiger partial charge in [0.15, 0.2) is 11.1 Å². The van der Waals surface area contributed by atoms with Crippen molar-refractivity contribution in [2.45, 2.75) is 6.92 Å². The summed E-state index contributed by atoms with van der Waals surface area (Å²) < 4.78 is 4.56. The Bertz CT molecular complexity index is 838. The van der Waals surface area contributed by atoms with E-state index in [1.54, 1.807) is 36.1 Å². The van der Waals surface area contributed by atoms with E-state index in [2.05, 4.69) is 28.1 Å². The van der Waals surface area contributed by atoms with Crippen molar-refractivity contribution in [2.75, 3.05) is 0 Å². The van der Waals surface area contributed by atoms with Crippen LogP contribution in [0.2, 0.25) is 0 Å². The molecule has 0 saturated heterocycles. The molecule has 0 fully saturated rings. The Labute approximate surface area is 137 Å². The van der Waals surface area contributed by atoms with Gasteiger partial charge in [0.2, 0.25) is 0 Å². The van der Waals surface area contributed by atoms with Crippen LogP contribution in [-0.4, -0.2) is 24.1 Å². The van der Waals surface area contributed by atoms with Crippen LogP contribution in [-0.2, 0) is 11.8 Å². The molecule has 0 aliphatic rings. The minimum absolute atomic E-state index is 0.751. The summed E-state index contributed by atoms with van der Waals surface area (Å²) in [5.41, 5.74) is 2.45. The Balaban J connectivity index is 2.35. The van der Waals surface area contributed by atoms with Gasteiger partial charge in [0.25, 0.3) is 0 Å². The summed E-state index contributed by atoms with van der Waals surface area (Å²) in [4.78, 5) is 13.6. The molecule has 3 rings (SSSR count). The molecule has 0 unspecified atom stereocenters. The van der Waals surface area contributed by atoms with E-state index in [0.29, 0.717) is 0 Å². The lowest BCUT2D eigenvalue weighted by Gasteiger charge is -2.19. The Morgan fingerprint density at radius 3 is 2.09 bits per heavy atom. The van der Waals surface area contributed by atoms with E-state index in [4.69, 9.17) is 11.8 Å². The van der Waals surface area contributed by atoms with Gasteiger partial charge >= 0.3 is 0 Å². The number of hydrogen-bond donors (Lipinski definition) is 0. The van der Waals surface area contributed by atoms with Crippen molar-refractivity contribution in [2.24, 2.45) is 0 Å². The number of aryl methyl sites for hydroxylation is 1. The van der Waals surface area contributed by atoms with Crippen molar-refractivity contribution < 1.29 is 0 Å². The smallest absolute Gasteiger partial charge is 0.159 e. The first-order valence-corrected chi connectivity index (χ1v) is 10.1. The summed E-state index contributed by atoms with van der Waals surface area (Å²) in [6.07, 6.45) is 10.5. The zero-order valence-corrected chi connectivity index (χ0v) is 14.5. The summed E-state index contributed by atoms with van der Waals surface area (Å²) >= 11 is 7.68. The molecule has 3 aromatic rings. The molecule has 0 atom stereocenters. The quantitative estimate of drug-likeness (QED) is 0.661. The maximum absolute atomic E-state index is 6.13. The number of rotatable bonds is 5. The highest BCUT2D eigenvalue weighted by Crippen LogP contribution is 2.42. The first kappa shape index (κ1) is 15.1. The SMILES string of the molecule is C=Cn1ccnc1P(=S)(c1nc(C)cs1)c1nccn1C=C. The Hall–Kier alpha value is -1.82. The third kappa shape index (κ3) is 2.22. The lowest BCUT2D eigenvalue weighted by atomic mass is 10.6. The number of hydrogen-bond acceptors (Lipinski definition) is 5. The number of nitrogens with zero attached hydrogens (tertiary/aromatic N) is 5. The molecule has 8 heteroatoms. The summed E-state index contributed by atoms with van der Waals surface area (Å²) in [7, 11) is 0. The first-order chi connectivity index (χ1) is 10.6. The van der Waals surface area contributed by atoms with Gasteiger partial charge in [-0.25, -0.2) is 15.0 Å². The largest absolute Gasteiger partial charge is 0.306 e. The van der Waals surface area contributed by atoms with Crippen LogP contribution in [0.4, 0.5) is 0 Å². The van der Waals surface area contributed by atoms with Crippen LogP contribution >= 0.6 is 17.4 Å². The lowest BCUT2D eigenvalue weighted by molar-refractivity contribution is 1.18. The van der Waals surface area contributed by atoms with Crippen LogP contribution in [0.15, 0.2) is 43.3 Å². The molecule has 112 valence electrons. The summed E-state index contributed by atoms with van der Waals surface area (Å²) in [6, 6.07) is -2.47. The highest BCUT2D eigenvalue weighted by Gasteiger charge is 2.35. The van der Waals surface area contributed by atoms with E-state index in [0.717, 1.165) is 21.6 Å². The second kappa shape index (κ2) is 5.76. The van der Waals surface area contributed by atoms with Gasteiger partial charge in [-0.1, -0.05) is 25.0 Å². The van der Waals surface area contributed by atoms with Crippen LogP contribution in [0, 0.1) is 6.92 Å². The molecule has 0 aromatic carbocycles. The average Bonchev–Trinajstić information content (AvgIpc) is 3.25. The van der Waals surface area contributed by atoms with E-state index in [1.165, 1.54) is 0 Å². The lowest BCUT2D eigenvalue weighted by Crippen LogP contribution is -2.33. The van der Waals surface area contributed by atoms with Crippen LogP contribution in [0.1, 0.15) is 5.69 Å². The Morgan fingerprint density at radius 2 is 1.68 bits per heavy atom. The summed E-state index contributed by atoms with van der Waals surface area (Å²) in [6.45, 7) is 9.62. The molecule has 3 aromatic heterocycles. The fourth-order valence-electron chi connectivity index (χ4n) is 2.13. The van der Waals surface area contributed by atoms with E-state index in [-0.39, 0.29) is 0 Å². The minimum Gasteiger partial charge on any atom is -0.306 e. The number of imidazole rings is 2. The Kier molecular flexibility index (Phi) is 3.95. The molecule has 0 amide bonds. The van der Waals surface area contributed by atoms with E-state index in [9.17, 15) is 0 Å². The molecule has 5 nitrogen and oxygen atoms in total. The predicted octanol–water partition coefficient (Wildman–Crippen LogP) is 1.80. The van der Waals surface area contributed by atoms with Gasteiger partial charge in [0.1, 0.15) is 10.8 Å². The molecule has 0 bridgehead atoms. The monoisotopic (exact) mass is 347 g/mol. The normalized spacial score (nSPS) is 11.5. The minimum atomic E-state index is -2.47. The van der Waals surface area contributed by atoms with E-state index in [1.807, 2.05) is 33.8 Å². The van der Waals surface area contributed by atoms with Crippen molar-refractivity contribution in [1.29, 1.82) is 0 Å². The molecule has 0 radical (unpaired) electrons. The highest BCUT2D eigenvalue weighted by atomic mass is 32.4. The van der Waals surface area contributed by atoms with Gasteiger partial charge in [0.05, 0.1) is 0 Å². The van der Waals surface area contributed by atoms with Gasteiger partial charge in [0, 0.05) is 48.3 Å². The maximum Gasteiger partial charge on any atom is 0.159 e. The Morgan fingerprint density at radius 1 is 1.14 bits per heavy atom. The molecular formula is C14H14N5PS2. The second-order valence-electron chi connectivity index (χ2n) is 4.51. The van der Waals surface area contributed by atoms with Gasteiger partial charge in [-0.3, -0.25) is 0 Å². The molecule has 22 heavy (non-hydrogen) atoms. The van der Waals surface area contributed by atoms with Crippen LogP contribution in [0.3, 0.4) is 0 Å². The maximum atomic E-state index is 6.13. The molecule has 0 saturated carbocycles.